The summed E-state index contributed by atoms with van der Waals surface area (Å²) in [5.74, 6) is -1.02. The normalized spacial score (nSPS) is 15.6. The molecule has 5 heteroatoms. The number of benzene rings is 1. The van der Waals surface area contributed by atoms with Crippen LogP contribution in [0.5, 0.6) is 0 Å². The summed E-state index contributed by atoms with van der Waals surface area (Å²) in [5, 5.41) is 8.78. The minimum atomic E-state index is -0.981. The van der Waals surface area contributed by atoms with E-state index in [-0.39, 0.29) is 11.5 Å². The van der Waals surface area contributed by atoms with Gasteiger partial charge in [-0.3, -0.25) is 4.79 Å². The lowest BCUT2D eigenvalue weighted by atomic mass is 10.0. The number of carbonyl (C=O) groups excluding carboxylic acids is 1. The lowest BCUT2D eigenvalue weighted by Crippen LogP contribution is -2.59. The topological polar surface area (TPSA) is 60.9 Å². The Balaban J connectivity index is 2.00. The predicted octanol–water partition coefficient (Wildman–Crippen LogP) is 0.771. The van der Waals surface area contributed by atoms with E-state index >= 15 is 0 Å². The van der Waals surface area contributed by atoms with E-state index in [0.29, 0.717) is 11.6 Å². The maximum absolute atomic E-state index is 12.0. The molecule has 1 saturated heterocycles. The average Bonchev–Trinajstić information content (AvgIpc) is 2.26. The molecule has 0 unspecified atom stereocenters. The number of amides is 1. The SMILES string of the molecule is CN(C)C1CN(C(=O)c2ccc(C(=O)O)cc2)C1. The van der Waals surface area contributed by atoms with Crippen LogP contribution in [0.25, 0.3) is 0 Å². The van der Waals surface area contributed by atoms with Crippen molar-refractivity contribution in [3.05, 3.63) is 35.4 Å². The molecule has 1 aromatic carbocycles. The van der Waals surface area contributed by atoms with Crippen LogP contribution < -0.4 is 0 Å². The molecule has 2 rings (SSSR count). The average molecular weight is 248 g/mol. The Morgan fingerprint density at radius 1 is 1.17 bits per heavy atom. The fourth-order valence-electron chi connectivity index (χ4n) is 1.89. The highest BCUT2D eigenvalue weighted by molar-refractivity contribution is 5.96. The monoisotopic (exact) mass is 248 g/mol. The van der Waals surface area contributed by atoms with Crippen LogP contribution in [0.2, 0.25) is 0 Å². The highest BCUT2D eigenvalue weighted by Gasteiger charge is 2.32. The van der Waals surface area contributed by atoms with E-state index in [4.69, 9.17) is 5.11 Å². The number of carboxylic acids is 1. The Morgan fingerprint density at radius 3 is 2.11 bits per heavy atom. The lowest BCUT2D eigenvalue weighted by Gasteiger charge is -2.42. The molecule has 1 heterocycles. The van der Waals surface area contributed by atoms with Gasteiger partial charge in [-0.15, -0.1) is 0 Å². The van der Waals surface area contributed by atoms with Crippen LogP contribution in [-0.2, 0) is 0 Å². The van der Waals surface area contributed by atoms with Gasteiger partial charge < -0.3 is 14.9 Å². The van der Waals surface area contributed by atoms with Gasteiger partial charge in [-0.25, -0.2) is 4.79 Å². The first-order valence-electron chi connectivity index (χ1n) is 5.78. The molecule has 1 aromatic rings. The molecule has 0 aromatic heterocycles. The Hall–Kier alpha value is -1.88. The van der Waals surface area contributed by atoms with Crippen LogP contribution in [0.3, 0.4) is 0 Å². The van der Waals surface area contributed by atoms with Crippen molar-refractivity contribution in [2.45, 2.75) is 6.04 Å². The number of carboxylic acid groups (broad SMARTS) is 1. The summed E-state index contributed by atoms with van der Waals surface area (Å²) >= 11 is 0. The summed E-state index contributed by atoms with van der Waals surface area (Å²) < 4.78 is 0. The second-order valence-electron chi connectivity index (χ2n) is 4.71. The van der Waals surface area contributed by atoms with Crippen molar-refractivity contribution in [2.75, 3.05) is 27.2 Å². The molecule has 1 fully saturated rings. The third kappa shape index (κ3) is 2.36. The number of carbonyl (C=O) groups is 2. The number of nitrogens with zero attached hydrogens (tertiary/aromatic N) is 2. The second kappa shape index (κ2) is 4.78. The largest absolute Gasteiger partial charge is 0.478 e. The number of likely N-dealkylation sites (tertiary alicyclic amines) is 1. The molecular formula is C13H16N2O3. The van der Waals surface area contributed by atoms with Gasteiger partial charge in [0.15, 0.2) is 0 Å². The minimum absolute atomic E-state index is 0.0370. The minimum Gasteiger partial charge on any atom is -0.478 e. The van der Waals surface area contributed by atoms with Crippen molar-refractivity contribution in [1.29, 1.82) is 0 Å². The van der Waals surface area contributed by atoms with Gasteiger partial charge in [0.1, 0.15) is 0 Å². The van der Waals surface area contributed by atoms with Gasteiger partial charge in [-0.05, 0) is 38.4 Å². The molecule has 0 radical (unpaired) electrons. The first kappa shape index (κ1) is 12.6. The van der Waals surface area contributed by atoms with Crippen LogP contribution >= 0.6 is 0 Å². The number of rotatable bonds is 3. The van der Waals surface area contributed by atoms with Crippen molar-refractivity contribution in [3.8, 4) is 0 Å². The van der Waals surface area contributed by atoms with Crippen molar-refractivity contribution >= 4 is 11.9 Å². The lowest BCUT2D eigenvalue weighted by molar-refractivity contribution is 0.0399. The summed E-state index contributed by atoms with van der Waals surface area (Å²) in [4.78, 5) is 26.6. The van der Waals surface area contributed by atoms with Crippen molar-refractivity contribution in [3.63, 3.8) is 0 Å². The summed E-state index contributed by atoms with van der Waals surface area (Å²) in [7, 11) is 3.99. The smallest absolute Gasteiger partial charge is 0.335 e. The molecule has 1 aliphatic rings. The molecule has 18 heavy (non-hydrogen) atoms. The van der Waals surface area contributed by atoms with E-state index < -0.39 is 5.97 Å². The van der Waals surface area contributed by atoms with Gasteiger partial charge in [0.2, 0.25) is 0 Å². The number of likely N-dealkylation sites (N-methyl/N-ethyl adjacent to an activating group) is 1. The molecule has 0 atom stereocenters. The van der Waals surface area contributed by atoms with E-state index in [9.17, 15) is 9.59 Å². The highest BCUT2D eigenvalue weighted by Crippen LogP contribution is 2.16. The van der Waals surface area contributed by atoms with Crippen LogP contribution in [0.1, 0.15) is 20.7 Å². The molecule has 1 aliphatic heterocycles. The molecule has 0 aliphatic carbocycles. The summed E-state index contributed by atoms with van der Waals surface area (Å²) in [6.45, 7) is 1.46. The maximum atomic E-state index is 12.0. The van der Waals surface area contributed by atoms with Gasteiger partial charge >= 0.3 is 5.97 Å². The molecule has 0 spiro atoms. The Bertz CT molecular complexity index is 462. The van der Waals surface area contributed by atoms with E-state index in [1.807, 2.05) is 14.1 Å². The standard InChI is InChI=1S/C13H16N2O3/c1-14(2)11-7-15(8-11)12(16)9-3-5-10(6-4-9)13(17)18/h3-6,11H,7-8H2,1-2H3,(H,17,18). The molecule has 96 valence electrons. The zero-order valence-corrected chi connectivity index (χ0v) is 10.5. The second-order valence-corrected chi connectivity index (χ2v) is 4.71. The highest BCUT2D eigenvalue weighted by atomic mass is 16.4. The van der Waals surface area contributed by atoms with Gasteiger partial charge in [-0.1, -0.05) is 0 Å². The van der Waals surface area contributed by atoms with Crippen molar-refractivity contribution in [1.82, 2.24) is 9.80 Å². The zero-order valence-electron chi connectivity index (χ0n) is 10.5. The van der Waals surface area contributed by atoms with Gasteiger partial charge in [0.05, 0.1) is 5.56 Å². The third-order valence-electron chi connectivity index (χ3n) is 3.26. The summed E-state index contributed by atoms with van der Waals surface area (Å²) in [5.41, 5.74) is 0.735. The Morgan fingerprint density at radius 2 is 1.67 bits per heavy atom. The predicted molar refractivity (Wildman–Crippen MR) is 66.8 cm³/mol. The number of hydrogen-bond acceptors (Lipinski definition) is 3. The number of hydrogen-bond donors (Lipinski definition) is 1. The third-order valence-corrected chi connectivity index (χ3v) is 3.26. The van der Waals surface area contributed by atoms with Crippen LogP contribution in [-0.4, -0.2) is 60.0 Å². The number of aromatic carboxylic acids is 1. The Kier molecular flexibility index (Phi) is 3.34. The van der Waals surface area contributed by atoms with Crippen molar-refractivity contribution in [2.24, 2.45) is 0 Å². The molecular weight excluding hydrogens is 232 g/mol. The van der Waals surface area contributed by atoms with Crippen LogP contribution in [0.4, 0.5) is 0 Å². The summed E-state index contributed by atoms with van der Waals surface area (Å²) in [6.07, 6.45) is 0. The van der Waals surface area contributed by atoms with Crippen LogP contribution in [0, 0.1) is 0 Å². The van der Waals surface area contributed by atoms with Gasteiger partial charge in [-0.2, -0.15) is 0 Å². The molecule has 0 bridgehead atoms. The zero-order chi connectivity index (χ0) is 13.3. The van der Waals surface area contributed by atoms with Crippen molar-refractivity contribution < 1.29 is 14.7 Å². The molecule has 1 N–H and O–H groups in total. The quantitative estimate of drug-likeness (QED) is 0.858. The van der Waals surface area contributed by atoms with Gasteiger partial charge in [0, 0.05) is 24.7 Å². The Labute approximate surface area is 106 Å². The van der Waals surface area contributed by atoms with E-state index in [1.165, 1.54) is 12.1 Å². The maximum Gasteiger partial charge on any atom is 0.335 e. The fraction of sp³-hybridized carbons (Fsp3) is 0.385. The fourth-order valence-corrected chi connectivity index (χ4v) is 1.89. The summed E-state index contributed by atoms with van der Waals surface area (Å²) in [6, 6.07) is 6.47. The first-order valence-corrected chi connectivity index (χ1v) is 5.78. The molecule has 0 saturated carbocycles. The van der Waals surface area contributed by atoms with E-state index in [2.05, 4.69) is 4.90 Å². The van der Waals surface area contributed by atoms with Gasteiger partial charge in [0.25, 0.3) is 5.91 Å². The molecule has 1 amide bonds. The molecule has 5 nitrogen and oxygen atoms in total. The van der Waals surface area contributed by atoms with E-state index in [0.717, 1.165) is 13.1 Å². The van der Waals surface area contributed by atoms with Crippen LogP contribution in [0.15, 0.2) is 24.3 Å². The van der Waals surface area contributed by atoms with E-state index in [1.54, 1.807) is 17.0 Å². The first-order chi connectivity index (χ1) is 8.49.